The van der Waals surface area contributed by atoms with Gasteiger partial charge in [-0.05, 0) is 13.8 Å². The molecule has 0 aliphatic heterocycles. The van der Waals surface area contributed by atoms with Crippen molar-refractivity contribution in [2.75, 3.05) is 0 Å². The Labute approximate surface area is 74.4 Å². The van der Waals surface area contributed by atoms with Crippen LogP contribution in [0, 0.1) is 13.8 Å². The maximum Gasteiger partial charge on any atom is 0.349 e. The summed E-state index contributed by atoms with van der Waals surface area (Å²) in [4.78, 5) is 14.3. The number of alkyl halides is 1. The van der Waals surface area contributed by atoms with Gasteiger partial charge in [0.15, 0.2) is 11.7 Å². The van der Waals surface area contributed by atoms with Crippen molar-refractivity contribution in [1.82, 2.24) is 4.98 Å². The third kappa shape index (κ3) is 1.54. The second kappa shape index (κ2) is 2.83. The van der Waals surface area contributed by atoms with Gasteiger partial charge in [0.2, 0.25) is 0 Å². The molecule has 1 aromatic heterocycles. The number of aryl methyl sites for hydroxylation is 2. The van der Waals surface area contributed by atoms with Gasteiger partial charge in [0.1, 0.15) is 0 Å². The zero-order chi connectivity index (χ0) is 10.2. The molecule has 1 aromatic rings. The molecule has 4 nitrogen and oxygen atoms in total. The maximum absolute atomic E-state index is 13.5. The van der Waals surface area contributed by atoms with Gasteiger partial charge in [0.05, 0.1) is 5.69 Å². The van der Waals surface area contributed by atoms with E-state index in [1.54, 1.807) is 0 Å². The number of carboxylic acids is 1. The van der Waals surface area contributed by atoms with Gasteiger partial charge in [-0.15, -0.1) is 0 Å². The van der Waals surface area contributed by atoms with E-state index < -0.39 is 11.6 Å². The standard InChI is InChI=1S/C8H10FNO3/c1-4-6(13-5(2)10-4)8(3,9)7(11)12/h1-3H3,(H,11,12). The first-order chi connectivity index (χ1) is 5.85. The number of nitrogens with zero attached hydrogens (tertiary/aromatic N) is 1. The largest absolute Gasteiger partial charge is 0.479 e. The van der Waals surface area contributed by atoms with Crippen molar-refractivity contribution in [3.05, 3.63) is 17.3 Å². The average molecular weight is 187 g/mol. The molecule has 1 atom stereocenters. The highest BCUT2D eigenvalue weighted by atomic mass is 19.1. The molecule has 72 valence electrons. The van der Waals surface area contributed by atoms with Crippen LogP contribution in [0.1, 0.15) is 24.3 Å². The van der Waals surface area contributed by atoms with Crippen molar-refractivity contribution in [1.29, 1.82) is 0 Å². The van der Waals surface area contributed by atoms with Crippen molar-refractivity contribution < 1.29 is 18.7 Å². The number of aromatic nitrogens is 1. The Morgan fingerprint density at radius 2 is 2.15 bits per heavy atom. The topological polar surface area (TPSA) is 63.3 Å². The summed E-state index contributed by atoms with van der Waals surface area (Å²) in [6.07, 6.45) is 0. The van der Waals surface area contributed by atoms with Crippen LogP contribution < -0.4 is 0 Å². The molecule has 0 saturated carbocycles. The van der Waals surface area contributed by atoms with E-state index in [9.17, 15) is 9.18 Å². The molecule has 0 spiro atoms. The van der Waals surface area contributed by atoms with Crippen LogP contribution in [-0.2, 0) is 10.5 Å². The molecule has 13 heavy (non-hydrogen) atoms. The molecule has 0 amide bonds. The SMILES string of the molecule is Cc1nc(C)c(C(C)(F)C(=O)O)o1. The number of rotatable bonds is 2. The zero-order valence-corrected chi connectivity index (χ0v) is 7.59. The number of hydrogen-bond acceptors (Lipinski definition) is 3. The van der Waals surface area contributed by atoms with Crippen LogP contribution in [0.15, 0.2) is 4.42 Å². The van der Waals surface area contributed by atoms with Crippen LogP contribution in [0.4, 0.5) is 4.39 Å². The van der Waals surface area contributed by atoms with Gasteiger partial charge >= 0.3 is 5.97 Å². The fraction of sp³-hybridized carbons (Fsp3) is 0.500. The molecule has 0 fully saturated rings. The highest BCUT2D eigenvalue weighted by Crippen LogP contribution is 2.29. The fourth-order valence-electron chi connectivity index (χ4n) is 1.06. The molecule has 0 aliphatic carbocycles. The lowest BCUT2D eigenvalue weighted by Crippen LogP contribution is -2.27. The van der Waals surface area contributed by atoms with Gasteiger partial charge < -0.3 is 9.52 Å². The van der Waals surface area contributed by atoms with E-state index in [4.69, 9.17) is 9.52 Å². The van der Waals surface area contributed by atoms with E-state index in [1.807, 2.05) is 0 Å². The Balaban J connectivity index is 3.21. The lowest BCUT2D eigenvalue weighted by atomic mass is 10.1. The highest BCUT2D eigenvalue weighted by molar-refractivity contribution is 5.78. The van der Waals surface area contributed by atoms with E-state index in [2.05, 4.69) is 4.98 Å². The Kier molecular flexibility index (Phi) is 2.11. The molecule has 0 aromatic carbocycles. The molecule has 1 N–H and O–H groups in total. The summed E-state index contributed by atoms with van der Waals surface area (Å²) in [6.45, 7) is 3.98. The molecule has 0 aliphatic rings. The second-order valence-electron chi connectivity index (χ2n) is 2.96. The molecular formula is C8H10FNO3. The van der Waals surface area contributed by atoms with Crippen LogP contribution >= 0.6 is 0 Å². The quantitative estimate of drug-likeness (QED) is 0.763. The third-order valence-electron chi connectivity index (χ3n) is 1.73. The molecule has 0 saturated heterocycles. The molecule has 5 heteroatoms. The van der Waals surface area contributed by atoms with E-state index in [-0.39, 0.29) is 17.3 Å². The molecule has 1 unspecified atom stereocenters. The predicted octanol–water partition coefficient (Wildman–Crippen LogP) is 1.56. The Hall–Kier alpha value is -1.39. The van der Waals surface area contributed by atoms with Gasteiger partial charge in [-0.3, -0.25) is 0 Å². The van der Waals surface area contributed by atoms with Gasteiger partial charge in [-0.2, -0.15) is 0 Å². The van der Waals surface area contributed by atoms with Crippen molar-refractivity contribution in [3.63, 3.8) is 0 Å². The van der Waals surface area contributed by atoms with E-state index in [1.165, 1.54) is 13.8 Å². The monoisotopic (exact) mass is 187 g/mol. The Bertz CT molecular complexity index is 343. The summed E-state index contributed by atoms with van der Waals surface area (Å²) in [5.74, 6) is -1.55. The van der Waals surface area contributed by atoms with Gasteiger partial charge in [-0.25, -0.2) is 14.2 Å². The van der Waals surface area contributed by atoms with E-state index >= 15 is 0 Å². The van der Waals surface area contributed by atoms with Gasteiger partial charge in [0.25, 0.3) is 5.67 Å². The van der Waals surface area contributed by atoms with Gasteiger partial charge in [0, 0.05) is 6.92 Å². The van der Waals surface area contributed by atoms with E-state index in [0.717, 1.165) is 6.92 Å². The lowest BCUT2D eigenvalue weighted by Gasteiger charge is -2.11. The highest BCUT2D eigenvalue weighted by Gasteiger charge is 2.40. The molecular weight excluding hydrogens is 177 g/mol. The average Bonchev–Trinajstić information content (AvgIpc) is 2.30. The van der Waals surface area contributed by atoms with Crippen molar-refractivity contribution in [2.24, 2.45) is 0 Å². The summed E-state index contributed by atoms with van der Waals surface area (Å²) in [5, 5.41) is 8.57. The summed E-state index contributed by atoms with van der Waals surface area (Å²) in [5.41, 5.74) is -2.24. The molecule has 1 rings (SSSR count). The normalized spacial score (nSPS) is 15.4. The zero-order valence-electron chi connectivity index (χ0n) is 7.59. The van der Waals surface area contributed by atoms with Crippen LogP contribution in [0.5, 0.6) is 0 Å². The van der Waals surface area contributed by atoms with E-state index in [0.29, 0.717) is 0 Å². The molecule has 0 bridgehead atoms. The predicted molar refractivity (Wildman–Crippen MR) is 42.1 cm³/mol. The minimum Gasteiger partial charge on any atom is -0.479 e. The summed E-state index contributed by atoms with van der Waals surface area (Å²) in [6, 6.07) is 0. The fourth-order valence-corrected chi connectivity index (χ4v) is 1.06. The van der Waals surface area contributed by atoms with Gasteiger partial charge in [-0.1, -0.05) is 0 Å². The lowest BCUT2D eigenvalue weighted by molar-refractivity contribution is -0.151. The first-order valence-corrected chi connectivity index (χ1v) is 3.72. The summed E-state index contributed by atoms with van der Waals surface area (Å²) >= 11 is 0. The number of oxazole rings is 1. The number of halogens is 1. The minimum atomic E-state index is -2.51. The third-order valence-corrected chi connectivity index (χ3v) is 1.73. The molecule has 0 radical (unpaired) electrons. The molecule has 1 heterocycles. The first kappa shape index (κ1) is 9.70. The van der Waals surface area contributed by atoms with Crippen molar-refractivity contribution in [3.8, 4) is 0 Å². The Morgan fingerprint density at radius 1 is 1.62 bits per heavy atom. The van der Waals surface area contributed by atoms with Crippen molar-refractivity contribution in [2.45, 2.75) is 26.4 Å². The van der Waals surface area contributed by atoms with Crippen molar-refractivity contribution >= 4 is 5.97 Å². The Morgan fingerprint density at radius 3 is 2.46 bits per heavy atom. The second-order valence-corrected chi connectivity index (χ2v) is 2.96. The first-order valence-electron chi connectivity index (χ1n) is 3.72. The smallest absolute Gasteiger partial charge is 0.349 e. The summed E-state index contributed by atoms with van der Waals surface area (Å²) in [7, 11) is 0. The number of hydrogen-bond donors (Lipinski definition) is 1. The van der Waals surface area contributed by atoms with Crippen LogP contribution in [0.3, 0.4) is 0 Å². The number of aliphatic carboxylic acids is 1. The summed E-state index contributed by atoms with van der Waals surface area (Å²) < 4.78 is 18.4. The van der Waals surface area contributed by atoms with Crippen LogP contribution in [-0.4, -0.2) is 16.1 Å². The number of carbonyl (C=O) groups is 1. The van der Waals surface area contributed by atoms with Crippen LogP contribution in [0.25, 0.3) is 0 Å². The number of carboxylic acid groups (broad SMARTS) is 1. The maximum atomic E-state index is 13.5. The minimum absolute atomic E-state index is 0.238. The van der Waals surface area contributed by atoms with Crippen LogP contribution in [0.2, 0.25) is 0 Å².